The van der Waals surface area contributed by atoms with Crippen LogP contribution >= 0.6 is 0 Å². The van der Waals surface area contributed by atoms with E-state index in [9.17, 15) is 0 Å². The molecule has 0 bridgehead atoms. The van der Waals surface area contributed by atoms with Crippen molar-refractivity contribution in [2.45, 2.75) is 24.4 Å². The highest BCUT2D eigenvalue weighted by molar-refractivity contribution is 4.87. The molecule has 66 valence electrons. The molecule has 4 atom stereocenters. The quantitative estimate of drug-likeness (QED) is 0.361. The summed E-state index contributed by atoms with van der Waals surface area (Å²) in [4.78, 5) is 0. The standard InChI is InChI=1S/C6H12O5/c7-1-3(8)6-5(10)4(9)2-11-6/h3-10H,1-2H2/t3-,4+,5-,6+/m0/s1. The van der Waals surface area contributed by atoms with E-state index in [1.807, 2.05) is 0 Å². The van der Waals surface area contributed by atoms with Crippen LogP contribution in [-0.4, -0.2) is 58.1 Å². The van der Waals surface area contributed by atoms with Gasteiger partial charge in [0.2, 0.25) is 0 Å². The van der Waals surface area contributed by atoms with Gasteiger partial charge in [-0.25, -0.2) is 0 Å². The third kappa shape index (κ3) is 1.69. The Labute approximate surface area is 63.8 Å². The molecule has 1 aliphatic heterocycles. The lowest BCUT2D eigenvalue weighted by molar-refractivity contribution is -0.0684. The molecule has 0 amide bonds. The molecule has 1 saturated heterocycles. The van der Waals surface area contributed by atoms with Crippen LogP contribution in [0, 0.1) is 0 Å². The van der Waals surface area contributed by atoms with Crippen molar-refractivity contribution < 1.29 is 25.2 Å². The predicted octanol–water partition coefficient (Wildman–Crippen LogP) is -2.54. The van der Waals surface area contributed by atoms with E-state index in [-0.39, 0.29) is 6.61 Å². The number of hydrogen-bond acceptors (Lipinski definition) is 5. The van der Waals surface area contributed by atoms with E-state index < -0.39 is 31.0 Å². The van der Waals surface area contributed by atoms with Crippen molar-refractivity contribution in [3.63, 3.8) is 0 Å². The molecule has 5 nitrogen and oxygen atoms in total. The van der Waals surface area contributed by atoms with Crippen LogP contribution in [0.4, 0.5) is 0 Å². The summed E-state index contributed by atoms with van der Waals surface area (Å²) < 4.78 is 4.82. The van der Waals surface area contributed by atoms with Crippen LogP contribution in [0.25, 0.3) is 0 Å². The van der Waals surface area contributed by atoms with E-state index in [2.05, 4.69) is 0 Å². The Morgan fingerprint density at radius 1 is 1.45 bits per heavy atom. The van der Waals surface area contributed by atoms with Crippen molar-refractivity contribution in [3.05, 3.63) is 0 Å². The zero-order chi connectivity index (χ0) is 8.43. The number of rotatable bonds is 2. The number of ether oxygens (including phenoxy) is 1. The fourth-order valence-electron chi connectivity index (χ4n) is 1.07. The first-order valence-electron chi connectivity index (χ1n) is 3.43. The summed E-state index contributed by atoms with van der Waals surface area (Å²) in [6, 6.07) is 0. The Morgan fingerprint density at radius 2 is 2.09 bits per heavy atom. The molecule has 0 spiro atoms. The van der Waals surface area contributed by atoms with Gasteiger partial charge in [-0.3, -0.25) is 0 Å². The fourth-order valence-corrected chi connectivity index (χ4v) is 1.07. The highest BCUT2D eigenvalue weighted by Crippen LogP contribution is 2.16. The van der Waals surface area contributed by atoms with Gasteiger partial charge in [-0.1, -0.05) is 0 Å². The van der Waals surface area contributed by atoms with Crippen molar-refractivity contribution in [1.82, 2.24) is 0 Å². The Hall–Kier alpha value is -0.200. The van der Waals surface area contributed by atoms with Crippen molar-refractivity contribution in [1.29, 1.82) is 0 Å². The maximum absolute atomic E-state index is 9.11. The Bertz CT molecular complexity index is 128. The minimum Gasteiger partial charge on any atom is -0.394 e. The Kier molecular flexibility index (Phi) is 2.80. The van der Waals surface area contributed by atoms with Crippen LogP contribution in [0.5, 0.6) is 0 Å². The number of hydrogen-bond donors (Lipinski definition) is 4. The zero-order valence-electron chi connectivity index (χ0n) is 5.92. The average molecular weight is 164 g/mol. The van der Waals surface area contributed by atoms with Gasteiger partial charge >= 0.3 is 0 Å². The van der Waals surface area contributed by atoms with Crippen molar-refractivity contribution in [3.8, 4) is 0 Å². The summed E-state index contributed by atoms with van der Waals surface area (Å²) >= 11 is 0. The van der Waals surface area contributed by atoms with E-state index in [0.717, 1.165) is 0 Å². The molecule has 5 heteroatoms. The molecule has 0 aromatic rings. The number of aliphatic hydroxyl groups is 4. The van der Waals surface area contributed by atoms with Crippen LogP contribution in [0.3, 0.4) is 0 Å². The molecule has 1 aliphatic rings. The molecule has 0 unspecified atom stereocenters. The van der Waals surface area contributed by atoms with Crippen LogP contribution < -0.4 is 0 Å². The second-order valence-corrected chi connectivity index (χ2v) is 2.61. The smallest absolute Gasteiger partial charge is 0.114 e. The monoisotopic (exact) mass is 164 g/mol. The van der Waals surface area contributed by atoms with Gasteiger partial charge in [0.1, 0.15) is 24.4 Å². The van der Waals surface area contributed by atoms with Gasteiger partial charge in [-0.05, 0) is 0 Å². The van der Waals surface area contributed by atoms with Gasteiger partial charge < -0.3 is 25.2 Å². The van der Waals surface area contributed by atoms with Gasteiger partial charge in [0.15, 0.2) is 0 Å². The molecule has 1 heterocycles. The molecule has 0 radical (unpaired) electrons. The van der Waals surface area contributed by atoms with Crippen LogP contribution in [-0.2, 0) is 4.74 Å². The average Bonchev–Trinajstić information content (AvgIpc) is 2.32. The van der Waals surface area contributed by atoms with Crippen LogP contribution in [0.1, 0.15) is 0 Å². The van der Waals surface area contributed by atoms with Crippen molar-refractivity contribution in [2.75, 3.05) is 13.2 Å². The highest BCUT2D eigenvalue weighted by Gasteiger charge is 2.38. The zero-order valence-corrected chi connectivity index (χ0v) is 5.92. The molecule has 0 aromatic carbocycles. The second kappa shape index (κ2) is 3.46. The van der Waals surface area contributed by atoms with Gasteiger partial charge in [-0.2, -0.15) is 0 Å². The van der Waals surface area contributed by atoms with Crippen LogP contribution in [0.2, 0.25) is 0 Å². The summed E-state index contributed by atoms with van der Waals surface area (Å²) in [5.41, 5.74) is 0. The largest absolute Gasteiger partial charge is 0.394 e. The molecule has 0 aromatic heterocycles. The Morgan fingerprint density at radius 3 is 2.45 bits per heavy atom. The lowest BCUT2D eigenvalue weighted by atomic mass is 10.1. The third-order valence-corrected chi connectivity index (χ3v) is 1.76. The number of aliphatic hydroxyl groups excluding tert-OH is 4. The SMILES string of the molecule is OC[C@H](O)[C@H]1OC[C@@H](O)[C@@H]1O. The maximum Gasteiger partial charge on any atom is 0.114 e. The van der Waals surface area contributed by atoms with Crippen molar-refractivity contribution in [2.24, 2.45) is 0 Å². The van der Waals surface area contributed by atoms with Crippen LogP contribution in [0.15, 0.2) is 0 Å². The molecule has 1 rings (SSSR count). The van der Waals surface area contributed by atoms with E-state index in [4.69, 9.17) is 25.2 Å². The summed E-state index contributed by atoms with van der Waals surface area (Å²) in [7, 11) is 0. The molecule has 11 heavy (non-hydrogen) atoms. The maximum atomic E-state index is 9.11. The van der Waals surface area contributed by atoms with Gasteiger partial charge in [0.05, 0.1) is 13.2 Å². The summed E-state index contributed by atoms with van der Waals surface area (Å²) in [5, 5.41) is 35.5. The minimum absolute atomic E-state index is 0.00287. The van der Waals surface area contributed by atoms with E-state index in [0.29, 0.717) is 0 Å². The van der Waals surface area contributed by atoms with E-state index in [1.165, 1.54) is 0 Å². The molecular formula is C6H12O5. The van der Waals surface area contributed by atoms with E-state index in [1.54, 1.807) is 0 Å². The molecule has 1 fully saturated rings. The lowest BCUT2D eigenvalue weighted by Crippen LogP contribution is -2.40. The van der Waals surface area contributed by atoms with Gasteiger partial charge in [-0.15, -0.1) is 0 Å². The van der Waals surface area contributed by atoms with E-state index >= 15 is 0 Å². The van der Waals surface area contributed by atoms with Crippen molar-refractivity contribution >= 4 is 0 Å². The molecular weight excluding hydrogens is 152 g/mol. The first kappa shape index (κ1) is 8.89. The summed E-state index contributed by atoms with van der Waals surface area (Å²) in [6.07, 6.45) is -4.05. The summed E-state index contributed by atoms with van der Waals surface area (Å²) in [6.45, 7) is -0.475. The molecule has 0 saturated carbocycles. The molecule has 4 N–H and O–H groups in total. The Balaban J connectivity index is 2.47. The third-order valence-electron chi connectivity index (χ3n) is 1.76. The summed E-state index contributed by atoms with van der Waals surface area (Å²) in [5.74, 6) is 0. The van der Waals surface area contributed by atoms with Gasteiger partial charge in [0, 0.05) is 0 Å². The fraction of sp³-hybridized carbons (Fsp3) is 1.00. The molecule has 0 aliphatic carbocycles. The first-order chi connectivity index (χ1) is 5.16. The predicted molar refractivity (Wildman–Crippen MR) is 34.8 cm³/mol. The second-order valence-electron chi connectivity index (χ2n) is 2.61. The normalized spacial score (nSPS) is 40.9. The lowest BCUT2D eigenvalue weighted by Gasteiger charge is -2.18. The minimum atomic E-state index is -1.12. The first-order valence-corrected chi connectivity index (χ1v) is 3.43. The topological polar surface area (TPSA) is 90.2 Å². The highest BCUT2D eigenvalue weighted by atomic mass is 16.5. The van der Waals surface area contributed by atoms with Gasteiger partial charge in [0.25, 0.3) is 0 Å².